The molecule has 106 valence electrons. The second-order valence-corrected chi connectivity index (χ2v) is 4.51. The summed E-state index contributed by atoms with van der Waals surface area (Å²) >= 11 is 0. The molecule has 4 nitrogen and oxygen atoms in total. The van der Waals surface area contributed by atoms with Gasteiger partial charge in [-0.2, -0.15) is 0 Å². The zero-order chi connectivity index (χ0) is 14.1. The third-order valence-electron chi connectivity index (χ3n) is 2.89. The molecule has 0 aliphatic carbocycles. The summed E-state index contributed by atoms with van der Waals surface area (Å²) in [6, 6.07) is 6.12. The molecule has 0 aliphatic heterocycles. The number of rotatable bonds is 8. The van der Waals surface area contributed by atoms with Crippen LogP contribution in [0.1, 0.15) is 30.9 Å². The standard InChI is InChI=1S/C15H24N2O2/c1-4-9-17-11-13-7-5-6-12(2)15(13)19-10-8-14(18)16-3/h5-7,17H,4,8-11H2,1-3H3,(H,16,18). The molecule has 2 N–H and O–H groups in total. The van der Waals surface area contributed by atoms with Crippen LogP contribution in [0.4, 0.5) is 0 Å². The first-order valence-corrected chi connectivity index (χ1v) is 6.81. The van der Waals surface area contributed by atoms with E-state index in [2.05, 4.69) is 23.6 Å². The summed E-state index contributed by atoms with van der Waals surface area (Å²) in [6.45, 7) is 6.37. The van der Waals surface area contributed by atoms with E-state index in [9.17, 15) is 4.79 Å². The van der Waals surface area contributed by atoms with Crippen LogP contribution in [0.2, 0.25) is 0 Å². The van der Waals surface area contributed by atoms with Gasteiger partial charge in [0.2, 0.25) is 5.91 Å². The Morgan fingerprint density at radius 2 is 2.16 bits per heavy atom. The lowest BCUT2D eigenvalue weighted by atomic mass is 10.1. The molecule has 0 bridgehead atoms. The maximum atomic E-state index is 11.2. The van der Waals surface area contributed by atoms with Gasteiger partial charge in [-0.05, 0) is 25.5 Å². The minimum Gasteiger partial charge on any atom is -0.492 e. The fourth-order valence-corrected chi connectivity index (χ4v) is 1.83. The van der Waals surface area contributed by atoms with Gasteiger partial charge in [-0.25, -0.2) is 0 Å². The van der Waals surface area contributed by atoms with Gasteiger partial charge in [0, 0.05) is 19.2 Å². The number of amides is 1. The van der Waals surface area contributed by atoms with E-state index in [-0.39, 0.29) is 5.91 Å². The van der Waals surface area contributed by atoms with Crippen LogP contribution in [0.15, 0.2) is 18.2 Å². The van der Waals surface area contributed by atoms with E-state index in [1.165, 1.54) is 0 Å². The van der Waals surface area contributed by atoms with E-state index < -0.39 is 0 Å². The third kappa shape index (κ3) is 5.30. The zero-order valence-electron chi connectivity index (χ0n) is 12.1. The molecule has 0 fully saturated rings. The Morgan fingerprint density at radius 1 is 1.37 bits per heavy atom. The van der Waals surface area contributed by atoms with Gasteiger partial charge in [-0.1, -0.05) is 25.1 Å². The molecule has 0 radical (unpaired) electrons. The number of hydrogen-bond donors (Lipinski definition) is 2. The smallest absolute Gasteiger partial charge is 0.223 e. The Labute approximate surface area is 115 Å². The van der Waals surface area contributed by atoms with Crippen LogP contribution in [0, 0.1) is 6.92 Å². The van der Waals surface area contributed by atoms with E-state index >= 15 is 0 Å². The average Bonchev–Trinajstić information content (AvgIpc) is 2.41. The molecule has 1 aromatic carbocycles. The summed E-state index contributed by atoms with van der Waals surface area (Å²) < 4.78 is 5.77. The quantitative estimate of drug-likeness (QED) is 0.706. The van der Waals surface area contributed by atoms with Crippen molar-refractivity contribution in [3.8, 4) is 5.75 Å². The molecular weight excluding hydrogens is 240 g/mol. The summed E-state index contributed by atoms with van der Waals surface area (Å²) in [4.78, 5) is 11.2. The highest BCUT2D eigenvalue weighted by molar-refractivity contribution is 5.75. The van der Waals surface area contributed by atoms with Gasteiger partial charge in [-0.3, -0.25) is 4.79 Å². The molecule has 0 heterocycles. The Balaban J connectivity index is 2.61. The summed E-state index contributed by atoms with van der Waals surface area (Å²) in [7, 11) is 1.64. The Bertz CT molecular complexity index is 405. The predicted molar refractivity (Wildman–Crippen MR) is 77.4 cm³/mol. The third-order valence-corrected chi connectivity index (χ3v) is 2.89. The lowest BCUT2D eigenvalue weighted by molar-refractivity contribution is -0.121. The van der Waals surface area contributed by atoms with Gasteiger partial charge in [0.15, 0.2) is 0 Å². The zero-order valence-corrected chi connectivity index (χ0v) is 12.1. The molecule has 0 saturated heterocycles. The van der Waals surface area contributed by atoms with Crippen LogP contribution in [0.5, 0.6) is 5.75 Å². The Kier molecular flexibility index (Phi) is 6.97. The van der Waals surface area contributed by atoms with Gasteiger partial charge >= 0.3 is 0 Å². The van der Waals surface area contributed by atoms with Crippen molar-refractivity contribution in [2.75, 3.05) is 20.2 Å². The number of para-hydroxylation sites is 1. The first-order valence-electron chi connectivity index (χ1n) is 6.81. The fourth-order valence-electron chi connectivity index (χ4n) is 1.83. The molecule has 1 aromatic rings. The van der Waals surface area contributed by atoms with Crippen LogP contribution in [0.25, 0.3) is 0 Å². The largest absolute Gasteiger partial charge is 0.492 e. The molecule has 0 aliphatic rings. The minimum absolute atomic E-state index is 0.000702. The van der Waals surface area contributed by atoms with E-state index in [0.717, 1.165) is 36.4 Å². The van der Waals surface area contributed by atoms with Crippen LogP contribution in [-0.2, 0) is 11.3 Å². The minimum atomic E-state index is -0.000702. The van der Waals surface area contributed by atoms with Crippen molar-refractivity contribution in [2.24, 2.45) is 0 Å². The molecule has 1 rings (SSSR count). The molecule has 1 amide bonds. The van der Waals surface area contributed by atoms with Gasteiger partial charge in [0.25, 0.3) is 0 Å². The first kappa shape index (κ1) is 15.5. The Hall–Kier alpha value is -1.55. The van der Waals surface area contributed by atoms with E-state index in [1.807, 2.05) is 19.1 Å². The number of hydrogen-bond acceptors (Lipinski definition) is 3. The van der Waals surface area contributed by atoms with E-state index in [4.69, 9.17) is 4.74 Å². The van der Waals surface area contributed by atoms with Crippen LogP contribution in [0.3, 0.4) is 0 Å². The van der Waals surface area contributed by atoms with Crippen molar-refractivity contribution in [2.45, 2.75) is 33.2 Å². The monoisotopic (exact) mass is 264 g/mol. The second kappa shape index (κ2) is 8.53. The molecule has 0 unspecified atom stereocenters. The molecule has 19 heavy (non-hydrogen) atoms. The number of carbonyl (C=O) groups is 1. The van der Waals surface area contributed by atoms with Crippen molar-refractivity contribution < 1.29 is 9.53 Å². The van der Waals surface area contributed by atoms with Crippen molar-refractivity contribution in [1.29, 1.82) is 0 Å². The number of benzene rings is 1. The molecule has 0 aromatic heterocycles. The topological polar surface area (TPSA) is 50.4 Å². The summed E-state index contributed by atoms with van der Waals surface area (Å²) in [6.07, 6.45) is 1.49. The highest BCUT2D eigenvalue weighted by Crippen LogP contribution is 2.23. The molecule has 0 saturated carbocycles. The van der Waals surface area contributed by atoms with Gasteiger partial charge in [0.1, 0.15) is 5.75 Å². The number of aryl methyl sites for hydroxylation is 1. The fraction of sp³-hybridized carbons (Fsp3) is 0.533. The SMILES string of the molecule is CCCNCc1cccc(C)c1OCCC(=O)NC. The lowest BCUT2D eigenvalue weighted by Crippen LogP contribution is -2.20. The molecule has 0 atom stereocenters. The maximum Gasteiger partial charge on any atom is 0.223 e. The van der Waals surface area contributed by atoms with Crippen molar-refractivity contribution in [3.05, 3.63) is 29.3 Å². The van der Waals surface area contributed by atoms with Crippen LogP contribution >= 0.6 is 0 Å². The van der Waals surface area contributed by atoms with Gasteiger partial charge < -0.3 is 15.4 Å². The van der Waals surface area contributed by atoms with Crippen LogP contribution < -0.4 is 15.4 Å². The van der Waals surface area contributed by atoms with E-state index in [1.54, 1.807) is 7.05 Å². The maximum absolute atomic E-state index is 11.2. The highest BCUT2D eigenvalue weighted by atomic mass is 16.5. The number of ether oxygens (including phenoxy) is 1. The summed E-state index contributed by atoms with van der Waals surface area (Å²) in [5.74, 6) is 0.897. The second-order valence-electron chi connectivity index (χ2n) is 4.51. The first-order chi connectivity index (χ1) is 9.19. The molecular formula is C15H24N2O2. The molecule has 4 heteroatoms. The number of carbonyl (C=O) groups excluding carboxylic acids is 1. The Morgan fingerprint density at radius 3 is 2.84 bits per heavy atom. The van der Waals surface area contributed by atoms with Crippen LogP contribution in [-0.4, -0.2) is 26.1 Å². The number of nitrogens with one attached hydrogen (secondary N) is 2. The average molecular weight is 264 g/mol. The van der Waals surface area contributed by atoms with Crippen molar-refractivity contribution in [1.82, 2.24) is 10.6 Å². The predicted octanol–water partition coefficient (Wildman–Crippen LogP) is 2.01. The highest BCUT2D eigenvalue weighted by Gasteiger charge is 2.07. The molecule has 0 spiro atoms. The van der Waals surface area contributed by atoms with Crippen molar-refractivity contribution >= 4 is 5.91 Å². The van der Waals surface area contributed by atoms with Gasteiger partial charge in [-0.15, -0.1) is 0 Å². The summed E-state index contributed by atoms with van der Waals surface area (Å²) in [5, 5.41) is 5.96. The summed E-state index contributed by atoms with van der Waals surface area (Å²) in [5.41, 5.74) is 2.25. The van der Waals surface area contributed by atoms with Crippen molar-refractivity contribution in [3.63, 3.8) is 0 Å². The normalized spacial score (nSPS) is 10.3. The van der Waals surface area contributed by atoms with E-state index in [0.29, 0.717) is 13.0 Å². The van der Waals surface area contributed by atoms with Gasteiger partial charge in [0.05, 0.1) is 13.0 Å². The lowest BCUT2D eigenvalue weighted by Gasteiger charge is -2.14.